The molecule has 0 saturated heterocycles. The zero-order valence-corrected chi connectivity index (χ0v) is 6.75. The molecule has 0 unspecified atom stereocenters. The van der Waals surface area contributed by atoms with Crippen LogP contribution in [0.4, 0.5) is 18.9 Å². The van der Waals surface area contributed by atoms with Gasteiger partial charge in [-0.2, -0.15) is 0 Å². The van der Waals surface area contributed by atoms with Crippen LogP contribution in [0.1, 0.15) is 0 Å². The van der Waals surface area contributed by atoms with Gasteiger partial charge in [0.1, 0.15) is 0 Å². The molecule has 0 aliphatic carbocycles. The first-order valence-electron chi connectivity index (χ1n) is 2.62. The van der Waals surface area contributed by atoms with Crippen molar-refractivity contribution in [3.05, 3.63) is 28.0 Å². The molecule has 11 heavy (non-hydrogen) atoms. The summed E-state index contributed by atoms with van der Waals surface area (Å²) in [5.41, 5.74) is 4.60. The van der Waals surface area contributed by atoms with Gasteiger partial charge in [-0.25, -0.2) is 13.2 Å². The topological polar surface area (TPSA) is 26.0 Å². The summed E-state index contributed by atoms with van der Waals surface area (Å²) in [7, 11) is 0. The van der Waals surface area contributed by atoms with Gasteiger partial charge in [-0.15, -0.1) is 0 Å². The fourth-order valence-corrected chi connectivity index (χ4v) is 0.955. The van der Waals surface area contributed by atoms with Crippen LogP contribution >= 0.6 is 15.9 Å². The molecule has 0 aliphatic rings. The summed E-state index contributed by atoms with van der Waals surface area (Å²) in [5.74, 6) is -4.17. The fraction of sp³-hybridized carbons (Fsp3) is 0. The second-order valence-corrected chi connectivity index (χ2v) is 2.74. The van der Waals surface area contributed by atoms with Crippen LogP contribution in [-0.4, -0.2) is 0 Å². The maximum Gasteiger partial charge on any atom is 0.196 e. The summed E-state index contributed by atoms with van der Waals surface area (Å²) >= 11 is 2.76. The Bertz CT molecular complexity index is 274. The average molecular weight is 226 g/mol. The fourth-order valence-electron chi connectivity index (χ4n) is 0.580. The SMILES string of the molecule is Nc1c(Br)cc(F)c(F)c1F. The smallest absolute Gasteiger partial charge is 0.196 e. The van der Waals surface area contributed by atoms with Gasteiger partial charge in [-0.3, -0.25) is 0 Å². The standard InChI is InChI=1S/C6H3BrF3N/c7-2-1-3(8)4(9)5(10)6(2)11/h1H,11H2. The molecule has 0 aliphatic heterocycles. The number of hydrogen-bond acceptors (Lipinski definition) is 1. The third-order valence-corrected chi connectivity index (χ3v) is 1.81. The van der Waals surface area contributed by atoms with E-state index in [9.17, 15) is 13.2 Å². The van der Waals surface area contributed by atoms with Gasteiger partial charge in [0.05, 0.1) is 5.69 Å². The lowest BCUT2D eigenvalue weighted by Crippen LogP contribution is -1.98. The number of halogens is 4. The third-order valence-electron chi connectivity index (χ3n) is 1.15. The van der Waals surface area contributed by atoms with E-state index in [0.29, 0.717) is 0 Å². The minimum Gasteiger partial charge on any atom is -0.395 e. The second kappa shape index (κ2) is 2.73. The van der Waals surface area contributed by atoms with Crippen LogP contribution in [0.2, 0.25) is 0 Å². The Hall–Kier alpha value is -0.710. The molecule has 1 aromatic rings. The molecule has 0 heterocycles. The summed E-state index contributed by atoms with van der Waals surface area (Å²) < 4.78 is 37.1. The predicted molar refractivity (Wildman–Crippen MR) is 38.4 cm³/mol. The predicted octanol–water partition coefficient (Wildman–Crippen LogP) is 2.45. The maximum atomic E-state index is 12.5. The van der Waals surface area contributed by atoms with Crippen molar-refractivity contribution >= 4 is 21.6 Å². The summed E-state index contributed by atoms with van der Waals surface area (Å²) in [6.45, 7) is 0. The zero-order valence-electron chi connectivity index (χ0n) is 5.17. The molecule has 0 fully saturated rings. The van der Waals surface area contributed by atoms with E-state index >= 15 is 0 Å². The van der Waals surface area contributed by atoms with E-state index in [1.807, 2.05) is 0 Å². The summed E-state index contributed by atoms with van der Waals surface area (Å²) in [4.78, 5) is 0. The molecule has 0 atom stereocenters. The van der Waals surface area contributed by atoms with Crippen LogP contribution in [0, 0.1) is 17.5 Å². The van der Waals surface area contributed by atoms with E-state index in [2.05, 4.69) is 15.9 Å². The lowest BCUT2D eigenvalue weighted by atomic mass is 10.3. The summed E-state index contributed by atoms with van der Waals surface area (Å²) in [6.07, 6.45) is 0. The average Bonchev–Trinajstić information content (AvgIpc) is 1.97. The molecule has 0 aromatic heterocycles. The zero-order chi connectivity index (χ0) is 8.59. The number of rotatable bonds is 0. The van der Waals surface area contributed by atoms with Gasteiger partial charge < -0.3 is 5.73 Å². The minimum atomic E-state index is -1.55. The van der Waals surface area contributed by atoms with Gasteiger partial charge in [0.25, 0.3) is 0 Å². The molecule has 1 nitrogen and oxygen atoms in total. The van der Waals surface area contributed by atoms with Crippen molar-refractivity contribution in [3.63, 3.8) is 0 Å². The number of nitrogens with two attached hydrogens (primary N) is 1. The maximum absolute atomic E-state index is 12.5. The van der Waals surface area contributed by atoms with E-state index in [4.69, 9.17) is 5.73 Å². The molecular weight excluding hydrogens is 223 g/mol. The number of nitrogen functional groups attached to an aromatic ring is 1. The van der Waals surface area contributed by atoms with Crippen molar-refractivity contribution in [3.8, 4) is 0 Å². The summed E-state index contributed by atoms with van der Waals surface area (Å²) in [5, 5.41) is 0. The van der Waals surface area contributed by atoms with Crippen LogP contribution < -0.4 is 5.73 Å². The van der Waals surface area contributed by atoms with E-state index in [0.717, 1.165) is 6.07 Å². The van der Waals surface area contributed by atoms with Crippen LogP contribution in [0.5, 0.6) is 0 Å². The number of hydrogen-bond donors (Lipinski definition) is 1. The Morgan fingerprint density at radius 2 is 1.73 bits per heavy atom. The van der Waals surface area contributed by atoms with Crippen molar-refractivity contribution in [1.29, 1.82) is 0 Å². The Kier molecular flexibility index (Phi) is 2.08. The largest absolute Gasteiger partial charge is 0.395 e. The van der Waals surface area contributed by atoms with Crippen molar-refractivity contribution in [2.24, 2.45) is 0 Å². The van der Waals surface area contributed by atoms with Gasteiger partial charge in [0.2, 0.25) is 0 Å². The van der Waals surface area contributed by atoms with Crippen LogP contribution in [0.15, 0.2) is 10.5 Å². The molecule has 0 amide bonds. The molecular formula is C6H3BrF3N. The van der Waals surface area contributed by atoms with Gasteiger partial charge in [-0.05, 0) is 22.0 Å². The van der Waals surface area contributed by atoms with Crippen molar-refractivity contribution < 1.29 is 13.2 Å². The number of anilines is 1. The van der Waals surface area contributed by atoms with Crippen molar-refractivity contribution in [1.82, 2.24) is 0 Å². The lowest BCUT2D eigenvalue weighted by Gasteiger charge is -2.00. The summed E-state index contributed by atoms with van der Waals surface area (Å²) in [6, 6.07) is 0.772. The highest BCUT2D eigenvalue weighted by atomic mass is 79.9. The molecule has 60 valence electrons. The molecule has 0 radical (unpaired) electrons. The molecule has 1 rings (SSSR count). The van der Waals surface area contributed by atoms with Gasteiger partial charge >= 0.3 is 0 Å². The van der Waals surface area contributed by atoms with E-state index in [1.165, 1.54) is 0 Å². The highest BCUT2D eigenvalue weighted by Crippen LogP contribution is 2.26. The molecule has 0 bridgehead atoms. The third kappa shape index (κ3) is 1.33. The van der Waals surface area contributed by atoms with Crippen LogP contribution in [0.3, 0.4) is 0 Å². The van der Waals surface area contributed by atoms with Gasteiger partial charge in [0.15, 0.2) is 17.5 Å². The Balaban J connectivity index is 3.46. The molecule has 2 N–H and O–H groups in total. The van der Waals surface area contributed by atoms with Gasteiger partial charge in [0, 0.05) is 4.47 Å². The van der Waals surface area contributed by atoms with E-state index in [-0.39, 0.29) is 4.47 Å². The van der Waals surface area contributed by atoms with Gasteiger partial charge in [-0.1, -0.05) is 0 Å². The van der Waals surface area contributed by atoms with Crippen molar-refractivity contribution in [2.75, 3.05) is 5.73 Å². The highest BCUT2D eigenvalue weighted by Gasteiger charge is 2.14. The first kappa shape index (κ1) is 8.39. The molecule has 5 heteroatoms. The molecule has 1 aromatic carbocycles. The monoisotopic (exact) mass is 225 g/mol. The van der Waals surface area contributed by atoms with E-state index in [1.54, 1.807) is 0 Å². The first-order chi connectivity index (χ1) is 5.04. The minimum absolute atomic E-state index is 0.00824. The van der Waals surface area contributed by atoms with Crippen LogP contribution in [-0.2, 0) is 0 Å². The van der Waals surface area contributed by atoms with Crippen LogP contribution in [0.25, 0.3) is 0 Å². The lowest BCUT2D eigenvalue weighted by molar-refractivity contribution is 0.448. The molecule has 0 saturated carbocycles. The number of benzene rings is 1. The van der Waals surface area contributed by atoms with E-state index < -0.39 is 23.1 Å². The highest BCUT2D eigenvalue weighted by molar-refractivity contribution is 9.10. The quantitative estimate of drug-likeness (QED) is 0.410. The van der Waals surface area contributed by atoms with Crippen molar-refractivity contribution in [2.45, 2.75) is 0 Å². The first-order valence-corrected chi connectivity index (χ1v) is 3.41. The molecule has 0 spiro atoms. The Morgan fingerprint density at radius 1 is 1.18 bits per heavy atom. The normalized spacial score (nSPS) is 10.2. The second-order valence-electron chi connectivity index (χ2n) is 1.88. The Morgan fingerprint density at radius 3 is 2.27 bits per heavy atom. The Labute approximate surface area is 69.1 Å².